The molecule has 0 aliphatic heterocycles. The molecular weight excluding hydrogens is 299 g/mol. The molecule has 116 valence electrons. The molecule has 2 aromatic carbocycles. The summed E-state index contributed by atoms with van der Waals surface area (Å²) < 4.78 is 43.1. The quantitative estimate of drug-likeness (QED) is 0.610. The number of benzene rings is 2. The van der Waals surface area contributed by atoms with E-state index in [2.05, 4.69) is 0 Å². The van der Waals surface area contributed by atoms with Crippen molar-refractivity contribution in [1.82, 2.24) is 0 Å². The van der Waals surface area contributed by atoms with Gasteiger partial charge in [0.25, 0.3) is 5.69 Å². The molecule has 22 heavy (non-hydrogen) atoms. The minimum absolute atomic E-state index is 0.105. The van der Waals surface area contributed by atoms with Crippen molar-refractivity contribution in [3.63, 3.8) is 0 Å². The SMILES string of the molecule is O=[N+]([O-])c1cc(C(F)(F)F)ccc1COCc1ccccc1. The monoisotopic (exact) mass is 311 g/mol. The Hall–Kier alpha value is -2.41. The van der Waals surface area contributed by atoms with Crippen LogP contribution in [0.15, 0.2) is 48.5 Å². The number of rotatable bonds is 5. The topological polar surface area (TPSA) is 52.4 Å². The molecule has 0 aliphatic rings. The van der Waals surface area contributed by atoms with Crippen molar-refractivity contribution in [2.45, 2.75) is 19.4 Å². The van der Waals surface area contributed by atoms with Crippen LogP contribution in [0.5, 0.6) is 0 Å². The van der Waals surface area contributed by atoms with E-state index >= 15 is 0 Å². The van der Waals surface area contributed by atoms with Gasteiger partial charge in [-0.15, -0.1) is 0 Å². The first-order valence-electron chi connectivity index (χ1n) is 6.34. The number of nitrogens with zero attached hydrogens (tertiary/aromatic N) is 1. The molecule has 0 fully saturated rings. The molecule has 2 aromatic rings. The predicted octanol–water partition coefficient (Wildman–Crippen LogP) is 4.33. The lowest BCUT2D eigenvalue weighted by Crippen LogP contribution is -2.07. The van der Waals surface area contributed by atoms with Crippen LogP contribution in [0.3, 0.4) is 0 Å². The van der Waals surface area contributed by atoms with Crippen molar-refractivity contribution >= 4 is 5.69 Å². The van der Waals surface area contributed by atoms with Crippen LogP contribution in [0, 0.1) is 10.1 Å². The lowest BCUT2D eigenvalue weighted by Gasteiger charge is -2.09. The maximum absolute atomic E-state index is 12.6. The van der Waals surface area contributed by atoms with Gasteiger partial charge in [0.05, 0.1) is 29.3 Å². The van der Waals surface area contributed by atoms with Crippen molar-refractivity contribution in [2.75, 3.05) is 0 Å². The Morgan fingerprint density at radius 3 is 2.32 bits per heavy atom. The lowest BCUT2D eigenvalue weighted by molar-refractivity contribution is -0.386. The first kappa shape index (κ1) is 16.0. The van der Waals surface area contributed by atoms with Crippen molar-refractivity contribution in [1.29, 1.82) is 0 Å². The number of nitro groups is 1. The van der Waals surface area contributed by atoms with E-state index in [1.54, 1.807) is 0 Å². The van der Waals surface area contributed by atoms with E-state index in [0.717, 1.165) is 17.7 Å². The molecule has 4 nitrogen and oxygen atoms in total. The summed E-state index contributed by atoms with van der Waals surface area (Å²) in [6, 6.07) is 11.5. The summed E-state index contributed by atoms with van der Waals surface area (Å²) in [6.45, 7) is 0.0857. The number of nitro benzene ring substituents is 1. The van der Waals surface area contributed by atoms with Gasteiger partial charge in [-0.25, -0.2) is 0 Å². The lowest BCUT2D eigenvalue weighted by atomic mass is 10.1. The molecule has 0 aromatic heterocycles. The summed E-state index contributed by atoms with van der Waals surface area (Å²) in [4.78, 5) is 10.1. The van der Waals surface area contributed by atoms with Crippen molar-refractivity contribution in [3.05, 3.63) is 75.3 Å². The first-order valence-corrected chi connectivity index (χ1v) is 6.34. The highest BCUT2D eigenvalue weighted by Gasteiger charge is 2.32. The molecule has 0 N–H and O–H groups in total. The van der Waals surface area contributed by atoms with Gasteiger partial charge in [-0.3, -0.25) is 10.1 Å². The average molecular weight is 311 g/mol. The zero-order valence-corrected chi connectivity index (χ0v) is 11.3. The molecule has 7 heteroatoms. The molecule has 0 atom stereocenters. The zero-order valence-electron chi connectivity index (χ0n) is 11.3. The van der Waals surface area contributed by atoms with Crippen LogP contribution in [0.1, 0.15) is 16.7 Å². The van der Waals surface area contributed by atoms with Gasteiger partial charge in [0.2, 0.25) is 0 Å². The van der Waals surface area contributed by atoms with Crippen LogP contribution in [0.25, 0.3) is 0 Å². The van der Waals surface area contributed by atoms with Crippen LogP contribution >= 0.6 is 0 Å². The minimum Gasteiger partial charge on any atom is -0.372 e. The number of hydrogen-bond acceptors (Lipinski definition) is 3. The number of ether oxygens (including phenoxy) is 1. The van der Waals surface area contributed by atoms with Gasteiger partial charge in [0.15, 0.2) is 0 Å². The second-order valence-corrected chi connectivity index (χ2v) is 4.58. The van der Waals surface area contributed by atoms with E-state index in [1.807, 2.05) is 30.3 Å². The molecule has 0 saturated heterocycles. The predicted molar refractivity (Wildman–Crippen MR) is 73.0 cm³/mol. The van der Waals surface area contributed by atoms with Gasteiger partial charge in [-0.05, 0) is 17.7 Å². The number of alkyl halides is 3. The van der Waals surface area contributed by atoms with Gasteiger partial charge >= 0.3 is 6.18 Å². The summed E-state index contributed by atoms with van der Waals surface area (Å²) in [7, 11) is 0. The Kier molecular flexibility index (Phi) is 4.77. The Bertz CT molecular complexity index is 657. The van der Waals surface area contributed by atoms with Crippen LogP contribution in [0.4, 0.5) is 18.9 Å². The van der Waals surface area contributed by atoms with E-state index in [0.29, 0.717) is 6.07 Å². The third-order valence-corrected chi connectivity index (χ3v) is 2.98. The number of halogens is 3. The summed E-state index contributed by atoms with van der Waals surface area (Å²) in [6.07, 6.45) is -4.62. The zero-order chi connectivity index (χ0) is 16.2. The van der Waals surface area contributed by atoms with Gasteiger partial charge in [-0.1, -0.05) is 30.3 Å². The molecule has 0 unspecified atom stereocenters. The fourth-order valence-corrected chi connectivity index (χ4v) is 1.89. The van der Waals surface area contributed by atoms with E-state index in [4.69, 9.17) is 4.74 Å². The van der Waals surface area contributed by atoms with Gasteiger partial charge in [0.1, 0.15) is 0 Å². The Morgan fingerprint density at radius 2 is 1.73 bits per heavy atom. The van der Waals surface area contributed by atoms with E-state index in [9.17, 15) is 23.3 Å². The van der Waals surface area contributed by atoms with Crippen molar-refractivity contribution in [2.24, 2.45) is 0 Å². The average Bonchev–Trinajstić information content (AvgIpc) is 2.47. The van der Waals surface area contributed by atoms with E-state index in [1.165, 1.54) is 0 Å². The standard InChI is InChI=1S/C15H12F3NO3/c16-15(17,18)13-7-6-12(14(8-13)19(20)21)10-22-9-11-4-2-1-3-5-11/h1-8H,9-10H2. The fourth-order valence-electron chi connectivity index (χ4n) is 1.89. The molecule has 0 spiro atoms. The molecule has 0 aliphatic carbocycles. The Morgan fingerprint density at radius 1 is 1.05 bits per heavy atom. The summed E-state index contributed by atoms with van der Waals surface area (Å²) in [5.74, 6) is 0. The molecule has 0 amide bonds. The number of hydrogen-bond donors (Lipinski definition) is 0. The smallest absolute Gasteiger partial charge is 0.372 e. The largest absolute Gasteiger partial charge is 0.416 e. The second kappa shape index (κ2) is 6.57. The second-order valence-electron chi connectivity index (χ2n) is 4.58. The fraction of sp³-hybridized carbons (Fsp3) is 0.200. The normalized spacial score (nSPS) is 11.4. The Labute approximate surface area is 124 Å². The van der Waals surface area contributed by atoms with Crippen molar-refractivity contribution < 1.29 is 22.8 Å². The molecule has 0 heterocycles. The summed E-state index contributed by atoms with van der Waals surface area (Å²) in [5.41, 5.74) is -0.667. The Balaban J connectivity index is 2.12. The van der Waals surface area contributed by atoms with Gasteiger partial charge in [0, 0.05) is 6.07 Å². The molecule has 0 radical (unpaired) electrons. The summed E-state index contributed by atoms with van der Waals surface area (Å²) in [5, 5.41) is 10.9. The van der Waals surface area contributed by atoms with E-state index < -0.39 is 22.4 Å². The molecule has 0 bridgehead atoms. The maximum Gasteiger partial charge on any atom is 0.416 e. The van der Waals surface area contributed by atoms with Crippen LogP contribution in [0.2, 0.25) is 0 Å². The third-order valence-electron chi connectivity index (χ3n) is 2.98. The van der Waals surface area contributed by atoms with E-state index in [-0.39, 0.29) is 18.8 Å². The first-order chi connectivity index (χ1) is 10.4. The molecular formula is C15H12F3NO3. The van der Waals surface area contributed by atoms with Gasteiger partial charge < -0.3 is 4.74 Å². The van der Waals surface area contributed by atoms with Crippen LogP contribution in [-0.4, -0.2) is 4.92 Å². The highest BCUT2D eigenvalue weighted by atomic mass is 19.4. The van der Waals surface area contributed by atoms with Gasteiger partial charge in [-0.2, -0.15) is 13.2 Å². The third kappa shape index (κ3) is 4.05. The molecule has 2 rings (SSSR count). The maximum atomic E-state index is 12.6. The highest BCUT2D eigenvalue weighted by molar-refractivity contribution is 5.43. The van der Waals surface area contributed by atoms with Crippen molar-refractivity contribution in [3.8, 4) is 0 Å². The molecule has 0 saturated carbocycles. The van der Waals surface area contributed by atoms with Crippen LogP contribution < -0.4 is 0 Å². The van der Waals surface area contributed by atoms with Crippen LogP contribution in [-0.2, 0) is 24.1 Å². The summed E-state index contributed by atoms with van der Waals surface area (Å²) >= 11 is 0. The highest BCUT2D eigenvalue weighted by Crippen LogP contribution is 2.33. The minimum atomic E-state index is -4.62.